The molecule has 0 fully saturated rings. The maximum Gasteiger partial charge on any atom is 0.326 e. The fraction of sp³-hybridized carbons (Fsp3) is 0.235. The van der Waals surface area contributed by atoms with Gasteiger partial charge in [0.15, 0.2) is 0 Å². The Morgan fingerprint density at radius 2 is 2.28 bits per heavy atom. The number of nitrogens with zero attached hydrogens (tertiary/aromatic N) is 2. The van der Waals surface area contributed by atoms with Crippen LogP contribution in [-0.2, 0) is 11.8 Å². The number of aryl methyl sites for hydroxylation is 1. The van der Waals surface area contributed by atoms with Crippen LogP contribution in [0.2, 0.25) is 5.02 Å². The van der Waals surface area contributed by atoms with Gasteiger partial charge in [-0.3, -0.25) is 14.3 Å². The molecule has 0 spiro atoms. The zero-order valence-electron chi connectivity index (χ0n) is 13.4. The number of imidazole rings is 1. The molecular formula is C17H15ClN4O3. The molecule has 2 aromatic heterocycles. The lowest BCUT2D eigenvalue weighted by atomic mass is 9.92. The number of amides is 1. The third-order valence-corrected chi connectivity index (χ3v) is 4.62. The fourth-order valence-corrected chi connectivity index (χ4v) is 3.34. The number of H-pyrrole nitrogens is 1. The Balaban J connectivity index is 1.71. The third-order valence-electron chi connectivity index (χ3n) is 4.38. The highest BCUT2D eigenvalue weighted by atomic mass is 35.5. The summed E-state index contributed by atoms with van der Waals surface area (Å²) in [5.74, 6) is 0.101. The van der Waals surface area contributed by atoms with E-state index >= 15 is 0 Å². The molecule has 7 nitrogen and oxygen atoms in total. The second-order valence-electron chi connectivity index (χ2n) is 5.93. The van der Waals surface area contributed by atoms with E-state index in [-0.39, 0.29) is 17.5 Å². The first-order valence-electron chi connectivity index (χ1n) is 7.80. The second-order valence-corrected chi connectivity index (χ2v) is 6.37. The molecule has 2 N–H and O–H groups in total. The molecular weight excluding hydrogens is 344 g/mol. The van der Waals surface area contributed by atoms with Crippen LogP contribution in [0.15, 0.2) is 35.4 Å². The SMILES string of the molecule is Cn1c(=O)[nH]c2cncc(NC(=O)[C@@H]3CCOc4ccc(Cl)cc43)c21. The summed E-state index contributed by atoms with van der Waals surface area (Å²) in [5.41, 5.74) is 2.16. The van der Waals surface area contributed by atoms with E-state index in [4.69, 9.17) is 16.3 Å². The summed E-state index contributed by atoms with van der Waals surface area (Å²) in [6.07, 6.45) is 3.64. The van der Waals surface area contributed by atoms with Crippen LogP contribution in [0.5, 0.6) is 5.75 Å². The largest absolute Gasteiger partial charge is 0.493 e. The smallest absolute Gasteiger partial charge is 0.326 e. The van der Waals surface area contributed by atoms with Crippen LogP contribution >= 0.6 is 11.6 Å². The van der Waals surface area contributed by atoms with E-state index in [9.17, 15) is 9.59 Å². The summed E-state index contributed by atoms with van der Waals surface area (Å²) in [5, 5.41) is 3.44. The van der Waals surface area contributed by atoms with Gasteiger partial charge in [0.2, 0.25) is 5.91 Å². The van der Waals surface area contributed by atoms with Crippen molar-refractivity contribution in [3.05, 3.63) is 51.7 Å². The predicted molar refractivity (Wildman–Crippen MR) is 94.3 cm³/mol. The Bertz CT molecular complexity index is 1040. The van der Waals surface area contributed by atoms with E-state index in [0.29, 0.717) is 40.5 Å². The summed E-state index contributed by atoms with van der Waals surface area (Å²) in [6, 6.07) is 5.27. The molecule has 0 bridgehead atoms. The molecule has 4 rings (SSSR count). The molecule has 1 atom stereocenters. The lowest BCUT2D eigenvalue weighted by Crippen LogP contribution is -2.27. The van der Waals surface area contributed by atoms with Crippen molar-refractivity contribution in [1.29, 1.82) is 0 Å². The molecule has 3 heterocycles. The molecule has 0 saturated carbocycles. The monoisotopic (exact) mass is 358 g/mol. The maximum atomic E-state index is 12.9. The number of pyridine rings is 1. The Morgan fingerprint density at radius 3 is 3.12 bits per heavy atom. The Labute approximate surface area is 147 Å². The topological polar surface area (TPSA) is 89.0 Å². The average Bonchev–Trinajstić information content (AvgIpc) is 2.89. The normalized spacial score (nSPS) is 16.3. The highest BCUT2D eigenvalue weighted by Gasteiger charge is 2.28. The number of aromatic amines is 1. The van der Waals surface area contributed by atoms with E-state index in [0.717, 1.165) is 5.56 Å². The van der Waals surface area contributed by atoms with Gasteiger partial charge in [0.25, 0.3) is 0 Å². The number of ether oxygens (including phenoxy) is 1. The number of halogens is 1. The summed E-state index contributed by atoms with van der Waals surface area (Å²) in [6.45, 7) is 0.456. The molecule has 0 aliphatic carbocycles. The van der Waals surface area contributed by atoms with E-state index in [1.807, 2.05) is 0 Å². The molecule has 1 aliphatic rings. The molecule has 8 heteroatoms. The number of carbonyl (C=O) groups is 1. The number of rotatable bonds is 2. The number of nitrogens with one attached hydrogen (secondary N) is 2. The van der Waals surface area contributed by atoms with Gasteiger partial charge in [-0.25, -0.2) is 4.79 Å². The number of anilines is 1. The zero-order chi connectivity index (χ0) is 17.6. The Hall–Kier alpha value is -2.80. The van der Waals surface area contributed by atoms with Crippen molar-refractivity contribution in [2.24, 2.45) is 7.05 Å². The van der Waals surface area contributed by atoms with Crippen molar-refractivity contribution in [3.63, 3.8) is 0 Å². The van der Waals surface area contributed by atoms with Crippen LogP contribution in [0.3, 0.4) is 0 Å². The minimum absolute atomic E-state index is 0.185. The number of hydrogen-bond acceptors (Lipinski definition) is 4. The molecule has 0 unspecified atom stereocenters. The standard InChI is InChI=1S/C17H15ClN4O3/c1-22-15-12(7-19-8-13(15)21-17(22)24)20-16(23)10-4-5-25-14-3-2-9(18)6-11(10)14/h2-3,6-8,10H,4-5H2,1H3,(H,20,23)(H,21,24)/t10-/m1/s1. The highest BCUT2D eigenvalue weighted by Crippen LogP contribution is 2.36. The third kappa shape index (κ3) is 2.66. The number of fused-ring (bicyclic) bond motifs is 2. The lowest BCUT2D eigenvalue weighted by molar-refractivity contribution is -0.118. The molecule has 3 aromatic rings. The van der Waals surface area contributed by atoms with Crippen molar-refractivity contribution < 1.29 is 9.53 Å². The van der Waals surface area contributed by atoms with E-state index in [1.165, 1.54) is 10.8 Å². The number of carbonyl (C=O) groups excluding carboxylic acids is 1. The number of hydrogen-bond donors (Lipinski definition) is 2. The first-order valence-corrected chi connectivity index (χ1v) is 8.18. The average molecular weight is 359 g/mol. The van der Waals surface area contributed by atoms with Crippen molar-refractivity contribution in [3.8, 4) is 5.75 Å². The van der Waals surface area contributed by atoms with Crippen molar-refractivity contribution in [1.82, 2.24) is 14.5 Å². The second kappa shape index (κ2) is 5.93. The number of aromatic nitrogens is 3. The maximum absolute atomic E-state index is 12.9. The molecule has 1 aromatic carbocycles. The van der Waals surface area contributed by atoms with Crippen LogP contribution in [-0.4, -0.2) is 27.0 Å². The molecule has 1 aliphatic heterocycles. The van der Waals surface area contributed by atoms with Gasteiger partial charge in [-0.1, -0.05) is 11.6 Å². The van der Waals surface area contributed by atoms with Gasteiger partial charge in [0, 0.05) is 17.6 Å². The van der Waals surface area contributed by atoms with Crippen molar-refractivity contribution in [2.45, 2.75) is 12.3 Å². The predicted octanol–water partition coefficient (Wildman–Crippen LogP) is 2.42. The van der Waals surface area contributed by atoms with Crippen LogP contribution < -0.4 is 15.7 Å². The van der Waals surface area contributed by atoms with Crippen LogP contribution in [0.25, 0.3) is 11.0 Å². The first kappa shape index (κ1) is 15.7. The summed E-state index contributed by atoms with van der Waals surface area (Å²) >= 11 is 6.07. The molecule has 1 amide bonds. The molecule has 0 radical (unpaired) electrons. The van der Waals surface area contributed by atoms with Gasteiger partial charge in [-0.2, -0.15) is 0 Å². The summed E-state index contributed by atoms with van der Waals surface area (Å²) in [7, 11) is 1.64. The van der Waals surface area contributed by atoms with Crippen molar-refractivity contribution >= 4 is 34.2 Å². The first-order chi connectivity index (χ1) is 12.0. The van der Waals surface area contributed by atoms with Crippen LogP contribution in [0.4, 0.5) is 5.69 Å². The minimum Gasteiger partial charge on any atom is -0.493 e. The van der Waals surface area contributed by atoms with Crippen molar-refractivity contribution in [2.75, 3.05) is 11.9 Å². The van der Waals surface area contributed by atoms with Gasteiger partial charge in [-0.15, -0.1) is 0 Å². The Kier molecular flexibility index (Phi) is 3.73. The lowest BCUT2D eigenvalue weighted by Gasteiger charge is -2.25. The van der Waals surface area contributed by atoms with E-state index in [2.05, 4.69) is 15.3 Å². The fourth-order valence-electron chi connectivity index (χ4n) is 3.16. The summed E-state index contributed by atoms with van der Waals surface area (Å²) < 4.78 is 7.05. The number of benzene rings is 1. The molecule has 128 valence electrons. The van der Waals surface area contributed by atoms with E-state index in [1.54, 1.807) is 31.4 Å². The summed E-state index contributed by atoms with van der Waals surface area (Å²) in [4.78, 5) is 31.5. The molecule has 0 saturated heterocycles. The molecule has 25 heavy (non-hydrogen) atoms. The quantitative estimate of drug-likeness (QED) is 0.736. The highest BCUT2D eigenvalue weighted by molar-refractivity contribution is 6.30. The van der Waals surface area contributed by atoms with Gasteiger partial charge < -0.3 is 15.0 Å². The van der Waals surface area contributed by atoms with Gasteiger partial charge in [-0.05, 0) is 24.6 Å². The Morgan fingerprint density at radius 1 is 1.44 bits per heavy atom. The van der Waals surface area contributed by atoms with Gasteiger partial charge >= 0.3 is 5.69 Å². The van der Waals surface area contributed by atoms with E-state index < -0.39 is 0 Å². The van der Waals surface area contributed by atoms with Crippen LogP contribution in [0.1, 0.15) is 17.9 Å². The van der Waals surface area contributed by atoms with Gasteiger partial charge in [0.05, 0.1) is 41.6 Å². The van der Waals surface area contributed by atoms with Crippen LogP contribution in [0, 0.1) is 0 Å². The minimum atomic E-state index is -0.381. The zero-order valence-corrected chi connectivity index (χ0v) is 14.1. The van der Waals surface area contributed by atoms with Gasteiger partial charge in [0.1, 0.15) is 5.75 Å².